The van der Waals surface area contributed by atoms with E-state index in [4.69, 9.17) is 4.74 Å². The molecule has 2 rings (SSSR count). The minimum absolute atomic E-state index is 0.0258. The average Bonchev–Trinajstić information content (AvgIpc) is 2.45. The van der Waals surface area contributed by atoms with E-state index in [1.165, 1.54) is 32.8 Å². The van der Waals surface area contributed by atoms with Gasteiger partial charge in [-0.15, -0.1) is 0 Å². The van der Waals surface area contributed by atoms with Crippen molar-refractivity contribution in [2.45, 2.75) is 51.0 Å². The summed E-state index contributed by atoms with van der Waals surface area (Å²) in [6.07, 6.45) is 12.6. The number of esters is 1. The van der Waals surface area contributed by atoms with Gasteiger partial charge in [0.1, 0.15) is 0 Å². The van der Waals surface area contributed by atoms with Gasteiger partial charge in [0.2, 0.25) is 0 Å². The Labute approximate surface area is 110 Å². The fourth-order valence-corrected chi connectivity index (χ4v) is 3.13. The molecule has 0 spiro atoms. The monoisotopic (exact) mass is 251 g/mol. The molecular weight excluding hydrogens is 226 g/mol. The summed E-state index contributed by atoms with van der Waals surface area (Å²) < 4.78 is 4.86. The first kappa shape index (κ1) is 13.6. The first-order valence-corrected chi connectivity index (χ1v) is 7.25. The van der Waals surface area contributed by atoms with Gasteiger partial charge in [0.25, 0.3) is 0 Å². The van der Waals surface area contributed by atoms with Gasteiger partial charge >= 0.3 is 5.97 Å². The van der Waals surface area contributed by atoms with Crippen LogP contribution in [0.15, 0.2) is 12.2 Å². The van der Waals surface area contributed by atoms with Crippen LogP contribution >= 0.6 is 0 Å². The maximum Gasteiger partial charge on any atom is 0.308 e. The van der Waals surface area contributed by atoms with E-state index in [2.05, 4.69) is 17.5 Å². The first-order chi connectivity index (χ1) is 8.79. The van der Waals surface area contributed by atoms with Gasteiger partial charge in [0.15, 0.2) is 0 Å². The number of hydrogen-bond acceptors (Lipinski definition) is 3. The summed E-state index contributed by atoms with van der Waals surface area (Å²) in [7, 11) is 1.49. The molecule has 0 aromatic heterocycles. The minimum atomic E-state index is -0.0258. The Kier molecular flexibility index (Phi) is 5.24. The fourth-order valence-electron chi connectivity index (χ4n) is 3.13. The van der Waals surface area contributed by atoms with Crippen molar-refractivity contribution in [3.63, 3.8) is 0 Å². The van der Waals surface area contributed by atoms with Gasteiger partial charge in [-0.2, -0.15) is 0 Å². The zero-order valence-electron chi connectivity index (χ0n) is 11.4. The molecule has 0 aromatic rings. The van der Waals surface area contributed by atoms with Crippen molar-refractivity contribution >= 4 is 5.97 Å². The van der Waals surface area contributed by atoms with Gasteiger partial charge in [-0.3, -0.25) is 4.79 Å². The molecule has 102 valence electrons. The van der Waals surface area contributed by atoms with Gasteiger partial charge in [0.05, 0.1) is 13.0 Å². The maximum absolute atomic E-state index is 11.6. The highest BCUT2D eigenvalue weighted by atomic mass is 16.5. The van der Waals surface area contributed by atoms with Crippen LogP contribution in [-0.4, -0.2) is 25.7 Å². The van der Waals surface area contributed by atoms with Gasteiger partial charge in [-0.05, 0) is 51.0 Å². The van der Waals surface area contributed by atoms with Crippen LogP contribution in [-0.2, 0) is 9.53 Å². The predicted molar refractivity (Wildman–Crippen MR) is 72.2 cm³/mol. The highest BCUT2D eigenvalue weighted by Gasteiger charge is 2.27. The molecule has 0 radical (unpaired) electrons. The number of rotatable bonds is 4. The van der Waals surface area contributed by atoms with Gasteiger partial charge in [-0.25, -0.2) is 0 Å². The van der Waals surface area contributed by atoms with Gasteiger partial charge in [0, 0.05) is 6.04 Å². The Hall–Kier alpha value is -0.830. The zero-order valence-corrected chi connectivity index (χ0v) is 11.4. The predicted octanol–water partition coefficient (Wildman–Crippen LogP) is 2.66. The highest BCUT2D eigenvalue weighted by molar-refractivity contribution is 5.72. The van der Waals surface area contributed by atoms with Crippen LogP contribution in [0.4, 0.5) is 0 Å². The number of nitrogens with one attached hydrogen (secondary N) is 1. The zero-order chi connectivity index (χ0) is 12.8. The fraction of sp³-hybridized carbons (Fsp3) is 0.800. The van der Waals surface area contributed by atoms with E-state index in [1.807, 2.05) is 0 Å². The first-order valence-electron chi connectivity index (χ1n) is 7.25. The summed E-state index contributed by atoms with van der Waals surface area (Å²) in [4.78, 5) is 11.6. The molecule has 1 N–H and O–H groups in total. The summed E-state index contributed by atoms with van der Waals surface area (Å²) in [6.45, 7) is 1.10. The molecule has 0 saturated heterocycles. The van der Waals surface area contributed by atoms with Crippen molar-refractivity contribution in [3.05, 3.63) is 12.2 Å². The van der Waals surface area contributed by atoms with Crippen molar-refractivity contribution in [1.82, 2.24) is 5.32 Å². The summed E-state index contributed by atoms with van der Waals surface area (Å²) in [5.41, 5.74) is 0. The Morgan fingerprint density at radius 1 is 1.33 bits per heavy atom. The molecule has 3 nitrogen and oxygen atoms in total. The van der Waals surface area contributed by atoms with Crippen molar-refractivity contribution in [3.8, 4) is 0 Å². The second-order valence-corrected chi connectivity index (χ2v) is 5.64. The number of ether oxygens (including phenoxy) is 1. The topological polar surface area (TPSA) is 38.3 Å². The summed E-state index contributed by atoms with van der Waals surface area (Å²) in [5, 5.41) is 3.66. The van der Waals surface area contributed by atoms with Crippen LogP contribution in [0, 0.1) is 11.8 Å². The van der Waals surface area contributed by atoms with Crippen LogP contribution in [0.1, 0.15) is 44.9 Å². The number of methoxy groups -OCH3 is 1. The van der Waals surface area contributed by atoms with Crippen LogP contribution < -0.4 is 5.32 Å². The molecule has 3 atom stereocenters. The van der Waals surface area contributed by atoms with Crippen LogP contribution in [0.2, 0.25) is 0 Å². The number of carbonyl (C=O) groups is 1. The second kappa shape index (κ2) is 6.93. The summed E-state index contributed by atoms with van der Waals surface area (Å²) in [5.74, 6) is 0.878. The van der Waals surface area contributed by atoms with Crippen molar-refractivity contribution in [1.29, 1.82) is 0 Å². The number of allylic oxidation sites excluding steroid dienone is 2. The highest BCUT2D eigenvalue weighted by Crippen LogP contribution is 2.26. The molecule has 0 bridgehead atoms. The van der Waals surface area contributed by atoms with Crippen LogP contribution in [0.3, 0.4) is 0 Å². The molecule has 3 unspecified atom stereocenters. The van der Waals surface area contributed by atoms with E-state index >= 15 is 0 Å². The molecular formula is C15H25NO2. The standard InChI is InChI=1S/C15H25NO2/c1-18-15(17)13-8-5-9-14(10-13)16-11-12-6-3-2-4-7-12/h2-3,12-14,16H,4-11H2,1H3. The van der Waals surface area contributed by atoms with E-state index in [0.717, 1.165) is 31.7 Å². The third kappa shape index (κ3) is 3.84. The Bertz CT molecular complexity index is 301. The second-order valence-electron chi connectivity index (χ2n) is 5.64. The van der Waals surface area contributed by atoms with E-state index < -0.39 is 0 Å². The maximum atomic E-state index is 11.6. The van der Waals surface area contributed by atoms with Crippen molar-refractivity contribution in [2.24, 2.45) is 11.8 Å². The van der Waals surface area contributed by atoms with E-state index in [0.29, 0.717) is 6.04 Å². The Morgan fingerprint density at radius 3 is 2.94 bits per heavy atom. The normalized spacial score (nSPS) is 32.2. The molecule has 2 aliphatic carbocycles. The minimum Gasteiger partial charge on any atom is -0.469 e. The van der Waals surface area contributed by atoms with E-state index in [1.54, 1.807) is 0 Å². The molecule has 18 heavy (non-hydrogen) atoms. The molecule has 0 amide bonds. The lowest BCUT2D eigenvalue weighted by atomic mass is 9.85. The summed E-state index contributed by atoms with van der Waals surface area (Å²) >= 11 is 0. The number of carbonyl (C=O) groups excluding carboxylic acids is 1. The molecule has 2 aliphatic rings. The SMILES string of the molecule is COC(=O)C1CCCC(NCC2CC=CCC2)C1. The lowest BCUT2D eigenvalue weighted by Crippen LogP contribution is -2.39. The molecule has 0 aliphatic heterocycles. The largest absolute Gasteiger partial charge is 0.469 e. The van der Waals surface area contributed by atoms with Crippen LogP contribution in [0.5, 0.6) is 0 Å². The summed E-state index contributed by atoms with van der Waals surface area (Å²) in [6, 6.07) is 0.508. The third-order valence-corrected chi connectivity index (χ3v) is 4.28. The smallest absolute Gasteiger partial charge is 0.308 e. The lowest BCUT2D eigenvalue weighted by Gasteiger charge is -2.30. The molecule has 1 saturated carbocycles. The number of hydrogen-bond donors (Lipinski definition) is 1. The lowest BCUT2D eigenvalue weighted by molar-refractivity contribution is -0.146. The third-order valence-electron chi connectivity index (χ3n) is 4.28. The van der Waals surface area contributed by atoms with Crippen LogP contribution in [0.25, 0.3) is 0 Å². The van der Waals surface area contributed by atoms with Gasteiger partial charge < -0.3 is 10.1 Å². The Morgan fingerprint density at radius 2 is 2.22 bits per heavy atom. The van der Waals surface area contributed by atoms with Gasteiger partial charge in [-0.1, -0.05) is 18.6 Å². The van der Waals surface area contributed by atoms with E-state index in [9.17, 15) is 4.79 Å². The Balaban J connectivity index is 1.72. The van der Waals surface area contributed by atoms with E-state index in [-0.39, 0.29) is 11.9 Å². The molecule has 0 aromatic carbocycles. The molecule has 0 heterocycles. The molecule has 3 heteroatoms. The van der Waals surface area contributed by atoms with Crippen molar-refractivity contribution < 1.29 is 9.53 Å². The van der Waals surface area contributed by atoms with Crippen molar-refractivity contribution in [2.75, 3.05) is 13.7 Å². The quantitative estimate of drug-likeness (QED) is 0.616. The molecule has 1 fully saturated rings. The average molecular weight is 251 g/mol.